The van der Waals surface area contributed by atoms with Crippen LogP contribution in [0.5, 0.6) is 0 Å². The summed E-state index contributed by atoms with van der Waals surface area (Å²) in [6, 6.07) is 3.52. The zero-order chi connectivity index (χ0) is 11.2. The summed E-state index contributed by atoms with van der Waals surface area (Å²) in [4.78, 5) is 15.5. The van der Waals surface area contributed by atoms with Crippen LogP contribution in [0.1, 0.15) is 6.42 Å². The Balaban J connectivity index is 1.80. The Morgan fingerprint density at radius 2 is 2.38 bits per heavy atom. The van der Waals surface area contributed by atoms with Gasteiger partial charge in [-0.15, -0.1) is 0 Å². The Labute approximate surface area is 94.2 Å². The molecule has 1 unspecified atom stereocenters. The fourth-order valence-corrected chi connectivity index (χ4v) is 1.60. The highest BCUT2D eigenvalue weighted by Crippen LogP contribution is 2.07. The van der Waals surface area contributed by atoms with Crippen molar-refractivity contribution in [3.63, 3.8) is 0 Å². The third kappa shape index (κ3) is 3.29. The van der Waals surface area contributed by atoms with Crippen molar-refractivity contribution in [2.75, 3.05) is 25.0 Å². The molecule has 1 saturated heterocycles. The van der Waals surface area contributed by atoms with Crippen LogP contribution in [0.25, 0.3) is 0 Å². The smallest absolute Gasteiger partial charge is 0.227 e. The lowest BCUT2D eigenvalue weighted by Gasteiger charge is -2.22. The maximum absolute atomic E-state index is 11.6. The molecule has 5 nitrogen and oxygen atoms in total. The van der Waals surface area contributed by atoms with Gasteiger partial charge in [0.25, 0.3) is 0 Å². The second-order valence-electron chi connectivity index (χ2n) is 3.69. The lowest BCUT2D eigenvalue weighted by molar-refractivity contribution is -0.119. The van der Waals surface area contributed by atoms with Gasteiger partial charge in [-0.05, 0) is 12.1 Å². The van der Waals surface area contributed by atoms with E-state index >= 15 is 0 Å². The summed E-state index contributed by atoms with van der Waals surface area (Å²) < 4.78 is 5.45. The molecular weight excluding hydrogens is 206 g/mol. The van der Waals surface area contributed by atoms with Crippen molar-refractivity contribution in [1.82, 2.24) is 10.3 Å². The minimum atomic E-state index is -0.0279. The standard InChI is InChI=1S/C11H15N3O2/c15-11(7-10-8-13-5-6-16-10)14-9-1-3-12-4-2-9/h1-4,10,13H,5-8H2,(H,12,14,15). The zero-order valence-corrected chi connectivity index (χ0v) is 8.98. The predicted molar refractivity (Wildman–Crippen MR) is 60.1 cm³/mol. The molecule has 0 spiro atoms. The summed E-state index contributed by atoms with van der Waals surface area (Å²) in [5.74, 6) is -0.0279. The summed E-state index contributed by atoms with van der Waals surface area (Å²) in [6.07, 6.45) is 3.66. The van der Waals surface area contributed by atoms with Gasteiger partial charge in [-0.2, -0.15) is 0 Å². The van der Waals surface area contributed by atoms with Crippen LogP contribution in [0.3, 0.4) is 0 Å². The maximum atomic E-state index is 11.6. The molecule has 16 heavy (non-hydrogen) atoms. The van der Waals surface area contributed by atoms with E-state index in [1.54, 1.807) is 24.5 Å². The predicted octanol–water partition coefficient (Wildman–Crippen LogP) is 0.399. The van der Waals surface area contributed by atoms with E-state index in [2.05, 4.69) is 15.6 Å². The molecule has 1 aromatic heterocycles. The Hall–Kier alpha value is -1.46. The lowest BCUT2D eigenvalue weighted by Crippen LogP contribution is -2.40. The number of carbonyl (C=O) groups is 1. The van der Waals surface area contributed by atoms with Gasteiger partial charge < -0.3 is 15.4 Å². The molecule has 0 radical (unpaired) electrons. The topological polar surface area (TPSA) is 63.2 Å². The quantitative estimate of drug-likeness (QED) is 0.775. The van der Waals surface area contributed by atoms with Crippen molar-refractivity contribution in [2.45, 2.75) is 12.5 Å². The molecule has 2 rings (SSSR count). The monoisotopic (exact) mass is 221 g/mol. The molecule has 1 aliphatic rings. The minimum Gasteiger partial charge on any atom is -0.375 e. The van der Waals surface area contributed by atoms with Crippen LogP contribution in [-0.4, -0.2) is 36.7 Å². The normalized spacial score (nSPS) is 20.4. The number of ether oxygens (including phenoxy) is 1. The molecule has 1 fully saturated rings. The second-order valence-corrected chi connectivity index (χ2v) is 3.69. The van der Waals surface area contributed by atoms with Crippen LogP contribution in [-0.2, 0) is 9.53 Å². The Morgan fingerprint density at radius 3 is 3.06 bits per heavy atom. The summed E-state index contributed by atoms with van der Waals surface area (Å²) in [7, 11) is 0. The fraction of sp³-hybridized carbons (Fsp3) is 0.455. The molecule has 1 amide bonds. The minimum absolute atomic E-state index is 0.0180. The SMILES string of the molecule is O=C(CC1CNCCO1)Nc1ccncc1. The van der Waals surface area contributed by atoms with E-state index < -0.39 is 0 Å². The van der Waals surface area contributed by atoms with Crippen LogP contribution < -0.4 is 10.6 Å². The van der Waals surface area contributed by atoms with Crippen LogP contribution in [0.4, 0.5) is 5.69 Å². The molecule has 0 saturated carbocycles. The van der Waals surface area contributed by atoms with E-state index in [0.717, 1.165) is 18.8 Å². The molecule has 0 aliphatic carbocycles. The van der Waals surface area contributed by atoms with Gasteiger partial charge in [0.2, 0.25) is 5.91 Å². The van der Waals surface area contributed by atoms with Crippen LogP contribution in [0.15, 0.2) is 24.5 Å². The van der Waals surface area contributed by atoms with Gasteiger partial charge in [-0.1, -0.05) is 0 Å². The molecule has 1 aliphatic heterocycles. The number of rotatable bonds is 3. The number of aromatic nitrogens is 1. The van der Waals surface area contributed by atoms with Gasteiger partial charge in [0.05, 0.1) is 19.1 Å². The number of pyridine rings is 1. The van der Waals surface area contributed by atoms with Crippen LogP contribution in [0, 0.1) is 0 Å². The number of anilines is 1. The number of morpholine rings is 1. The first-order valence-corrected chi connectivity index (χ1v) is 5.37. The van der Waals surface area contributed by atoms with E-state index in [1.807, 2.05) is 0 Å². The molecule has 1 atom stereocenters. The van der Waals surface area contributed by atoms with Gasteiger partial charge in [0.15, 0.2) is 0 Å². The summed E-state index contributed by atoms with van der Waals surface area (Å²) in [5, 5.41) is 5.99. The van der Waals surface area contributed by atoms with E-state index in [4.69, 9.17) is 4.74 Å². The number of carbonyl (C=O) groups excluding carboxylic acids is 1. The summed E-state index contributed by atoms with van der Waals surface area (Å²) in [5.41, 5.74) is 0.767. The van der Waals surface area contributed by atoms with Crippen molar-refractivity contribution >= 4 is 11.6 Å². The zero-order valence-electron chi connectivity index (χ0n) is 8.98. The number of hydrogen-bond acceptors (Lipinski definition) is 4. The highest BCUT2D eigenvalue weighted by atomic mass is 16.5. The highest BCUT2D eigenvalue weighted by Gasteiger charge is 2.17. The maximum Gasteiger partial charge on any atom is 0.227 e. The van der Waals surface area contributed by atoms with E-state index in [1.165, 1.54) is 0 Å². The molecule has 1 aromatic rings. The van der Waals surface area contributed by atoms with Crippen LogP contribution in [0.2, 0.25) is 0 Å². The second kappa shape index (κ2) is 5.58. The van der Waals surface area contributed by atoms with Gasteiger partial charge in [-0.25, -0.2) is 0 Å². The number of amides is 1. The largest absolute Gasteiger partial charge is 0.375 e. The van der Waals surface area contributed by atoms with Crippen molar-refractivity contribution in [3.05, 3.63) is 24.5 Å². The Morgan fingerprint density at radius 1 is 1.56 bits per heavy atom. The Bertz CT molecular complexity index is 336. The summed E-state index contributed by atoms with van der Waals surface area (Å²) >= 11 is 0. The first-order valence-electron chi connectivity index (χ1n) is 5.37. The molecule has 5 heteroatoms. The molecule has 86 valence electrons. The van der Waals surface area contributed by atoms with Crippen molar-refractivity contribution < 1.29 is 9.53 Å². The van der Waals surface area contributed by atoms with Crippen LogP contribution >= 0.6 is 0 Å². The first-order chi connectivity index (χ1) is 7.84. The molecular formula is C11H15N3O2. The van der Waals surface area contributed by atoms with Gasteiger partial charge in [0.1, 0.15) is 0 Å². The van der Waals surface area contributed by atoms with E-state index in [-0.39, 0.29) is 12.0 Å². The fourth-order valence-electron chi connectivity index (χ4n) is 1.60. The van der Waals surface area contributed by atoms with Crippen molar-refractivity contribution in [1.29, 1.82) is 0 Å². The first kappa shape index (κ1) is 11.0. The molecule has 2 heterocycles. The van der Waals surface area contributed by atoms with E-state index in [0.29, 0.717) is 13.0 Å². The highest BCUT2D eigenvalue weighted by molar-refractivity contribution is 5.90. The van der Waals surface area contributed by atoms with Gasteiger partial charge in [-0.3, -0.25) is 9.78 Å². The number of nitrogens with zero attached hydrogens (tertiary/aromatic N) is 1. The molecule has 0 aromatic carbocycles. The lowest BCUT2D eigenvalue weighted by atomic mass is 10.2. The third-order valence-electron chi connectivity index (χ3n) is 2.38. The van der Waals surface area contributed by atoms with Gasteiger partial charge in [0, 0.05) is 31.2 Å². The average molecular weight is 221 g/mol. The third-order valence-corrected chi connectivity index (χ3v) is 2.38. The molecule has 0 bridgehead atoms. The van der Waals surface area contributed by atoms with Crippen molar-refractivity contribution in [2.24, 2.45) is 0 Å². The van der Waals surface area contributed by atoms with Gasteiger partial charge >= 0.3 is 0 Å². The number of hydrogen-bond donors (Lipinski definition) is 2. The summed E-state index contributed by atoms with van der Waals surface area (Å²) in [6.45, 7) is 2.28. The van der Waals surface area contributed by atoms with Crippen molar-refractivity contribution in [3.8, 4) is 0 Å². The number of nitrogens with one attached hydrogen (secondary N) is 2. The molecule has 2 N–H and O–H groups in total. The Kier molecular flexibility index (Phi) is 3.85. The average Bonchev–Trinajstić information content (AvgIpc) is 2.31. The van der Waals surface area contributed by atoms with E-state index in [9.17, 15) is 4.79 Å².